The summed E-state index contributed by atoms with van der Waals surface area (Å²) in [6.07, 6.45) is 5.53. The Morgan fingerprint density at radius 1 is 1.47 bits per heavy atom. The molecule has 0 radical (unpaired) electrons. The lowest BCUT2D eigenvalue weighted by atomic mass is 9.93. The van der Waals surface area contributed by atoms with E-state index in [2.05, 4.69) is 15.6 Å². The minimum atomic E-state index is 0.499. The largest absolute Gasteiger partial charge is 0.481 e. The Morgan fingerprint density at radius 2 is 2.29 bits per heavy atom. The first-order chi connectivity index (χ1) is 8.33. The predicted octanol–water partition coefficient (Wildman–Crippen LogP) is 2.64. The normalized spacial score (nSPS) is 15.5. The van der Waals surface area contributed by atoms with E-state index >= 15 is 0 Å². The third-order valence-electron chi connectivity index (χ3n) is 3.45. The van der Waals surface area contributed by atoms with Gasteiger partial charge in [-0.1, -0.05) is 0 Å². The number of hydrogen-bond donors (Lipinski definition) is 0. The number of aromatic nitrogens is 2. The first-order valence-corrected chi connectivity index (χ1v) is 5.79. The molecular weight excluding hydrogens is 214 g/mol. The topological polar surface area (TPSA) is 50.8 Å². The average molecular weight is 227 g/mol. The molecule has 4 nitrogen and oxygen atoms in total. The number of nitrogens with zero attached hydrogens (tertiary/aromatic N) is 3. The van der Waals surface area contributed by atoms with Crippen LogP contribution in [-0.2, 0) is 0 Å². The third-order valence-corrected chi connectivity index (χ3v) is 3.45. The van der Waals surface area contributed by atoms with Crippen molar-refractivity contribution in [2.24, 2.45) is 0 Å². The first kappa shape index (κ1) is 10.2. The molecule has 86 valence electrons. The van der Waals surface area contributed by atoms with E-state index in [1.165, 1.54) is 19.3 Å². The Morgan fingerprint density at radius 3 is 2.88 bits per heavy atom. The van der Waals surface area contributed by atoms with Crippen molar-refractivity contribution >= 4 is 11.0 Å². The molecule has 0 amide bonds. The molecule has 0 saturated heterocycles. The van der Waals surface area contributed by atoms with Crippen molar-refractivity contribution in [3.05, 3.63) is 23.9 Å². The van der Waals surface area contributed by atoms with Crippen molar-refractivity contribution in [3.63, 3.8) is 0 Å². The van der Waals surface area contributed by atoms with E-state index in [1.807, 2.05) is 12.3 Å². The second-order valence-corrected chi connectivity index (χ2v) is 4.37. The lowest BCUT2D eigenvalue weighted by molar-refractivity contribution is 0.319. The number of methoxy groups -OCH3 is 1. The van der Waals surface area contributed by atoms with E-state index in [4.69, 9.17) is 10.00 Å². The zero-order valence-corrected chi connectivity index (χ0v) is 9.68. The van der Waals surface area contributed by atoms with Gasteiger partial charge in [-0.05, 0) is 25.3 Å². The fourth-order valence-corrected chi connectivity index (χ4v) is 2.25. The summed E-state index contributed by atoms with van der Waals surface area (Å²) < 4.78 is 7.27. The van der Waals surface area contributed by atoms with Gasteiger partial charge in [0.15, 0.2) is 0 Å². The van der Waals surface area contributed by atoms with E-state index in [1.54, 1.807) is 13.2 Å². The van der Waals surface area contributed by atoms with E-state index in [0.29, 0.717) is 17.5 Å². The van der Waals surface area contributed by atoms with Crippen molar-refractivity contribution in [1.82, 2.24) is 9.55 Å². The smallest absolute Gasteiger partial charge is 0.214 e. The van der Waals surface area contributed by atoms with Crippen molar-refractivity contribution in [2.45, 2.75) is 25.3 Å². The van der Waals surface area contributed by atoms with Crippen LogP contribution in [0.5, 0.6) is 5.88 Å². The number of hydrogen-bond acceptors (Lipinski definition) is 3. The van der Waals surface area contributed by atoms with Gasteiger partial charge in [-0.2, -0.15) is 10.2 Å². The van der Waals surface area contributed by atoms with Crippen LogP contribution in [0.15, 0.2) is 18.3 Å². The Hall–Kier alpha value is -2.02. The molecule has 0 spiro atoms. The summed E-state index contributed by atoms with van der Waals surface area (Å²) in [5.74, 6) is 0.598. The van der Waals surface area contributed by atoms with Gasteiger partial charge in [-0.15, -0.1) is 0 Å². The molecule has 1 fully saturated rings. The van der Waals surface area contributed by atoms with Crippen LogP contribution in [0.3, 0.4) is 0 Å². The minimum absolute atomic E-state index is 0.499. The summed E-state index contributed by atoms with van der Waals surface area (Å²) in [4.78, 5) is 4.45. The molecule has 2 aromatic heterocycles. The molecule has 0 atom stereocenters. The monoisotopic (exact) mass is 227 g/mol. The molecule has 0 N–H and O–H groups in total. The van der Waals surface area contributed by atoms with Gasteiger partial charge in [0.2, 0.25) is 5.88 Å². The molecule has 2 aromatic rings. The molecule has 1 aliphatic carbocycles. The predicted molar refractivity (Wildman–Crippen MR) is 63.9 cm³/mol. The maximum Gasteiger partial charge on any atom is 0.214 e. The van der Waals surface area contributed by atoms with Gasteiger partial charge >= 0.3 is 0 Å². The second kappa shape index (κ2) is 3.77. The minimum Gasteiger partial charge on any atom is -0.481 e. The fraction of sp³-hybridized carbons (Fsp3) is 0.385. The highest BCUT2D eigenvalue weighted by molar-refractivity contribution is 5.84. The Kier molecular flexibility index (Phi) is 2.25. The lowest BCUT2D eigenvalue weighted by Crippen LogP contribution is -2.16. The maximum absolute atomic E-state index is 9.13. The van der Waals surface area contributed by atoms with Crippen LogP contribution in [0.2, 0.25) is 0 Å². The highest BCUT2D eigenvalue weighted by atomic mass is 16.5. The zero-order chi connectivity index (χ0) is 11.8. The maximum atomic E-state index is 9.13. The van der Waals surface area contributed by atoms with Crippen LogP contribution in [-0.4, -0.2) is 16.7 Å². The van der Waals surface area contributed by atoms with Crippen molar-refractivity contribution < 1.29 is 4.74 Å². The number of ether oxygens (including phenoxy) is 1. The van der Waals surface area contributed by atoms with E-state index in [9.17, 15) is 0 Å². The zero-order valence-electron chi connectivity index (χ0n) is 9.68. The summed E-state index contributed by atoms with van der Waals surface area (Å²) in [5, 5.41) is 10.0. The molecule has 2 heterocycles. The number of rotatable bonds is 2. The van der Waals surface area contributed by atoms with Gasteiger partial charge < -0.3 is 9.30 Å². The molecule has 0 aromatic carbocycles. The van der Waals surface area contributed by atoms with Crippen LogP contribution in [0, 0.1) is 11.3 Å². The Labute approximate surface area is 99.4 Å². The highest BCUT2D eigenvalue weighted by Gasteiger charge is 2.23. The number of pyridine rings is 1. The summed E-state index contributed by atoms with van der Waals surface area (Å²) >= 11 is 0. The number of fused-ring (bicyclic) bond motifs is 1. The Balaban J connectivity index is 2.22. The second-order valence-electron chi connectivity index (χ2n) is 4.37. The van der Waals surface area contributed by atoms with Crippen LogP contribution in [0.25, 0.3) is 11.0 Å². The summed E-state index contributed by atoms with van der Waals surface area (Å²) in [6.45, 7) is 0. The van der Waals surface area contributed by atoms with Crippen LogP contribution >= 0.6 is 0 Å². The molecule has 0 bridgehead atoms. The van der Waals surface area contributed by atoms with Crippen molar-refractivity contribution in [3.8, 4) is 11.9 Å². The van der Waals surface area contributed by atoms with Crippen LogP contribution in [0.1, 0.15) is 30.9 Å². The summed E-state index contributed by atoms with van der Waals surface area (Å²) in [7, 11) is 1.61. The molecular formula is C13H13N3O. The van der Waals surface area contributed by atoms with Gasteiger partial charge in [0, 0.05) is 23.7 Å². The molecule has 1 saturated carbocycles. The molecule has 0 unspecified atom stereocenters. The quantitative estimate of drug-likeness (QED) is 0.792. The Bertz CT molecular complexity index is 605. The highest BCUT2D eigenvalue weighted by Crippen LogP contribution is 2.35. The molecule has 17 heavy (non-hydrogen) atoms. The summed E-state index contributed by atoms with van der Waals surface area (Å²) in [6, 6.07) is 6.44. The van der Waals surface area contributed by atoms with E-state index in [0.717, 1.165) is 11.0 Å². The van der Waals surface area contributed by atoms with Gasteiger partial charge in [-0.25, -0.2) is 0 Å². The first-order valence-electron chi connectivity index (χ1n) is 5.79. The van der Waals surface area contributed by atoms with Gasteiger partial charge in [0.05, 0.1) is 12.7 Å². The fourth-order valence-electron chi connectivity index (χ4n) is 2.25. The van der Waals surface area contributed by atoms with Gasteiger partial charge in [-0.3, -0.25) is 0 Å². The number of nitriles is 1. The SMILES string of the molecule is COc1ccc2c(C#N)cn(C3CCC3)c2n1. The van der Waals surface area contributed by atoms with E-state index < -0.39 is 0 Å². The van der Waals surface area contributed by atoms with Crippen LogP contribution in [0.4, 0.5) is 0 Å². The summed E-state index contributed by atoms with van der Waals surface area (Å²) in [5.41, 5.74) is 1.56. The van der Waals surface area contributed by atoms with Crippen molar-refractivity contribution in [2.75, 3.05) is 7.11 Å². The molecule has 4 heteroatoms. The van der Waals surface area contributed by atoms with Crippen molar-refractivity contribution in [1.29, 1.82) is 5.26 Å². The van der Waals surface area contributed by atoms with Gasteiger partial charge in [0.1, 0.15) is 11.7 Å². The molecule has 0 aliphatic heterocycles. The average Bonchev–Trinajstić information content (AvgIpc) is 2.65. The van der Waals surface area contributed by atoms with Gasteiger partial charge in [0.25, 0.3) is 0 Å². The van der Waals surface area contributed by atoms with E-state index in [-0.39, 0.29) is 0 Å². The standard InChI is InChI=1S/C13H13N3O/c1-17-12-6-5-11-9(7-14)8-16(13(11)15-12)10-3-2-4-10/h5-6,8,10H,2-4H2,1H3. The molecule has 1 aliphatic rings. The lowest BCUT2D eigenvalue weighted by Gasteiger charge is -2.27. The molecule has 3 rings (SSSR count). The van der Waals surface area contributed by atoms with Crippen LogP contribution < -0.4 is 4.74 Å². The third kappa shape index (κ3) is 1.47.